The highest BCUT2D eigenvalue weighted by Crippen LogP contribution is 2.35. The number of rotatable bonds is 4. The number of halogens is 2. The second-order valence-corrected chi connectivity index (χ2v) is 7.10. The van der Waals surface area contributed by atoms with Gasteiger partial charge >= 0.3 is 0 Å². The molecule has 8 heteroatoms. The Hall–Kier alpha value is -2.54. The van der Waals surface area contributed by atoms with Gasteiger partial charge in [-0.05, 0) is 44.7 Å². The summed E-state index contributed by atoms with van der Waals surface area (Å²) in [5.41, 5.74) is 0. The smallest absolute Gasteiger partial charge is 0.213 e. The van der Waals surface area contributed by atoms with E-state index in [1.54, 1.807) is 17.7 Å². The van der Waals surface area contributed by atoms with E-state index < -0.39 is 5.82 Å². The van der Waals surface area contributed by atoms with Gasteiger partial charge in [-0.3, -0.25) is 4.57 Å². The normalized spacial score (nSPS) is 19.8. The van der Waals surface area contributed by atoms with E-state index in [0.717, 1.165) is 31.5 Å². The first-order valence-electron chi connectivity index (χ1n) is 8.93. The van der Waals surface area contributed by atoms with Crippen LogP contribution in [0.25, 0.3) is 5.82 Å². The molecular weight excluding hydrogens is 369 g/mol. The van der Waals surface area contributed by atoms with Gasteiger partial charge in [-0.2, -0.15) is 0 Å². The standard InChI is InChI=1S/C19H19ClFN5O/c1-12-24-25-18(26(12)19-16(21)10-14(20)11-23-19)13-5-7-15(8-6-13)27-17-4-2-3-9-22-17/h2-4,9-11,13,15H,5-8H2,1H3. The van der Waals surface area contributed by atoms with Gasteiger partial charge in [0.1, 0.15) is 17.8 Å². The van der Waals surface area contributed by atoms with Crippen molar-refractivity contribution in [3.8, 4) is 11.7 Å². The van der Waals surface area contributed by atoms with Crippen LogP contribution >= 0.6 is 11.6 Å². The van der Waals surface area contributed by atoms with Crippen LogP contribution in [0.2, 0.25) is 5.02 Å². The Kier molecular flexibility index (Phi) is 5.03. The molecule has 3 aromatic rings. The fourth-order valence-corrected chi connectivity index (χ4v) is 3.65. The van der Waals surface area contributed by atoms with Gasteiger partial charge in [-0.25, -0.2) is 14.4 Å². The lowest BCUT2D eigenvalue weighted by Gasteiger charge is -2.28. The summed E-state index contributed by atoms with van der Waals surface area (Å²) in [6, 6.07) is 6.89. The fourth-order valence-electron chi connectivity index (χ4n) is 3.50. The Balaban J connectivity index is 1.51. The molecule has 0 aromatic carbocycles. The Morgan fingerprint density at radius 1 is 1.15 bits per heavy atom. The maximum absolute atomic E-state index is 14.4. The number of aryl methyl sites for hydroxylation is 1. The topological polar surface area (TPSA) is 65.7 Å². The van der Waals surface area contributed by atoms with Gasteiger partial charge in [0, 0.05) is 24.4 Å². The molecule has 27 heavy (non-hydrogen) atoms. The molecule has 3 heterocycles. The second kappa shape index (κ2) is 7.60. The number of hydrogen-bond donors (Lipinski definition) is 0. The molecule has 0 unspecified atom stereocenters. The van der Waals surface area contributed by atoms with Crippen molar-refractivity contribution in [2.45, 2.75) is 44.6 Å². The molecule has 0 aliphatic heterocycles. The molecule has 0 N–H and O–H groups in total. The largest absolute Gasteiger partial charge is 0.474 e. The van der Waals surface area contributed by atoms with Crippen molar-refractivity contribution in [1.82, 2.24) is 24.7 Å². The summed E-state index contributed by atoms with van der Waals surface area (Å²) in [6.07, 6.45) is 6.79. The fraction of sp³-hybridized carbons (Fsp3) is 0.368. The lowest BCUT2D eigenvalue weighted by Crippen LogP contribution is -2.25. The van der Waals surface area contributed by atoms with Gasteiger partial charge in [0.25, 0.3) is 0 Å². The van der Waals surface area contributed by atoms with Crippen LogP contribution in [0, 0.1) is 12.7 Å². The maximum Gasteiger partial charge on any atom is 0.213 e. The minimum atomic E-state index is -0.487. The van der Waals surface area contributed by atoms with E-state index in [1.165, 1.54) is 12.3 Å². The Bertz CT molecular complexity index is 925. The average molecular weight is 388 g/mol. The summed E-state index contributed by atoms with van der Waals surface area (Å²) in [5.74, 6) is 1.85. The van der Waals surface area contributed by atoms with E-state index in [9.17, 15) is 4.39 Å². The third-order valence-electron chi connectivity index (χ3n) is 4.81. The lowest BCUT2D eigenvalue weighted by molar-refractivity contribution is 0.139. The van der Waals surface area contributed by atoms with Crippen LogP contribution in [0.1, 0.15) is 43.3 Å². The third kappa shape index (κ3) is 3.78. The lowest BCUT2D eigenvalue weighted by atomic mass is 9.86. The Morgan fingerprint density at radius 2 is 1.96 bits per heavy atom. The zero-order valence-electron chi connectivity index (χ0n) is 14.8. The second-order valence-electron chi connectivity index (χ2n) is 6.66. The first kappa shape index (κ1) is 17.9. The van der Waals surface area contributed by atoms with Gasteiger partial charge in [-0.1, -0.05) is 17.7 Å². The predicted octanol–water partition coefficient (Wildman–Crippen LogP) is 4.26. The molecule has 4 rings (SSSR count). The van der Waals surface area contributed by atoms with Crippen molar-refractivity contribution in [3.63, 3.8) is 0 Å². The van der Waals surface area contributed by atoms with Crippen LogP contribution in [0.3, 0.4) is 0 Å². The first-order chi connectivity index (χ1) is 13.1. The van der Waals surface area contributed by atoms with Crippen LogP contribution in [0.5, 0.6) is 5.88 Å². The van der Waals surface area contributed by atoms with E-state index in [2.05, 4.69) is 20.2 Å². The van der Waals surface area contributed by atoms with Crippen LogP contribution in [0.15, 0.2) is 36.7 Å². The Labute approximate surface area is 161 Å². The monoisotopic (exact) mass is 387 g/mol. The van der Waals surface area contributed by atoms with Crippen LogP contribution in [-0.2, 0) is 0 Å². The van der Waals surface area contributed by atoms with Crippen molar-refractivity contribution in [3.05, 3.63) is 59.1 Å². The van der Waals surface area contributed by atoms with Crippen molar-refractivity contribution in [1.29, 1.82) is 0 Å². The summed E-state index contributed by atoms with van der Waals surface area (Å²) in [7, 11) is 0. The van der Waals surface area contributed by atoms with Gasteiger partial charge in [-0.15, -0.1) is 10.2 Å². The molecule has 0 bridgehead atoms. The average Bonchev–Trinajstić information content (AvgIpc) is 3.05. The number of nitrogens with zero attached hydrogens (tertiary/aromatic N) is 5. The highest BCUT2D eigenvalue weighted by molar-refractivity contribution is 6.30. The predicted molar refractivity (Wildman–Crippen MR) is 98.7 cm³/mol. The molecule has 0 radical (unpaired) electrons. The van der Waals surface area contributed by atoms with E-state index in [0.29, 0.717) is 11.7 Å². The first-order valence-corrected chi connectivity index (χ1v) is 9.30. The van der Waals surface area contributed by atoms with Crippen LogP contribution in [0.4, 0.5) is 4.39 Å². The van der Waals surface area contributed by atoms with E-state index in [-0.39, 0.29) is 22.9 Å². The van der Waals surface area contributed by atoms with E-state index >= 15 is 0 Å². The SMILES string of the molecule is Cc1nnc(C2CCC(Oc3ccccn3)CC2)n1-c1ncc(Cl)cc1F. The van der Waals surface area contributed by atoms with Crippen molar-refractivity contribution in [2.24, 2.45) is 0 Å². The molecular formula is C19H19ClFN5O. The molecule has 0 amide bonds. The molecule has 6 nitrogen and oxygen atoms in total. The molecule has 0 atom stereocenters. The summed E-state index contributed by atoms with van der Waals surface area (Å²) >= 11 is 5.83. The highest BCUT2D eigenvalue weighted by Gasteiger charge is 2.29. The Morgan fingerprint density at radius 3 is 2.67 bits per heavy atom. The highest BCUT2D eigenvalue weighted by atomic mass is 35.5. The molecule has 1 aliphatic rings. The van der Waals surface area contributed by atoms with E-state index in [4.69, 9.17) is 16.3 Å². The van der Waals surface area contributed by atoms with Crippen molar-refractivity contribution in [2.75, 3.05) is 0 Å². The van der Waals surface area contributed by atoms with Crippen LogP contribution in [-0.4, -0.2) is 30.8 Å². The third-order valence-corrected chi connectivity index (χ3v) is 5.02. The molecule has 1 fully saturated rings. The van der Waals surface area contributed by atoms with Crippen molar-refractivity contribution >= 4 is 11.6 Å². The van der Waals surface area contributed by atoms with Gasteiger partial charge in [0.2, 0.25) is 5.88 Å². The molecule has 140 valence electrons. The number of ether oxygens (including phenoxy) is 1. The summed E-state index contributed by atoms with van der Waals surface area (Å²) < 4.78 is 22.0. The summed E-state index contributed by atoms with van der Waals surface area (Å²) in [4.78, 5) is 8.36. The number of aromatic nitrogens is 5. The molecule has 3 aromatic heterocycles. The molecule has 0 spiro atoms. The maximum atomic E-state index is 14.4. The molecule has 0 saturated heterocycles. The van der Waals surface area contributed by atoms with Gasteiger partial charge in [0.05, 0.1) is 5.02 Å². The zero-order chi connectivity index (χ0) is 18.8. The zero-order valence-corrected chi connectivity index (χ0v) is 15.6. The molecule has 1 saturated carbocycles. The number of hydrogen-bond acceptors (Lipinski definition) is 5. The summed E-state index contributed by atoms with van der Waals surface area (Å²) in [6.45, 7) is 1.79. The van der Waals surface area contributed by atoms with Crippen molar-refractivity contribution < 1.29 is 9.13 Å². The summed E-state index contributed by atoms with van der Waals surface area (Å²) in [5, 5.41) is 8.72. The minimum absolute atomic E-state index is 0.124. The van der Waals surface area contributed by atoms with E-state index in [1.807, 2.05) is 18.2 Å². The molecule has 1 aliphatic carbocycles. The minimum Gasteiger partial charge on any atom is -0.474 e. The van der Waals surface area contributed by atoms with Gasteiger partial charge in [0.15, 0.2) is 11.6 Å². The van der Waals surface area contributed by atoms with Gasteiger partial charge < -0.3 is 4.74 Å². The van der Waals surface area contributed by atoms with Crippen LogP contribution < -0.4 is 4.74 Å². The quantitative estimate of drug-likeness (QED) is 0.669. The number of pyridine rings is 2.